The molecule has 1 heterocycles. The number of fused-ring (bicyclic) bond motifs is 3. The van der Waals surface area contributed by atoms with E-state index in [9.17, 15) is 4.79 Å². The third-order valence-electron chi connectivity index (χ3n) is 5.41. The third-order valence-corrected chi connectivity index (χ3v) is 5.41. The first-order valence-corrected chi connectivity index (χ1v) is 9.71. The lowest BCUT2D eigenvalue weighted by Gasteiger charge is -2.15. The standard InChI is InChI=1S/C23H24N2O5/c1-27-18-12-15(13-19(28-2)22(18)29-3)21-17-11-7-9-14-8-5-6-10-16(14)20(17)24-25(21)23(26)30-4/h5-6,8,10,12-13H,7,9,11H2,1-4H3. The van der Waals surface area contributed by atoms with E-state index in [0.717, 1.165) is 41.6 Å². The number of hydrogen-bond donors (Lipinski definition) is 0. The zero-order chi connectivity index (χ0) is 21.3. The van der Waals surface area contributed by atoms with Crippen molar-refractivity contribution < 1.29 is 23.7 Å². The molecule has 0 bridgehead atoms. The Labute approximate surface area is 175 Å². The highest BCUT2D eigenvalue weighted by atomic mass is 16.5. The van der Waals surface area contributed by atoms with E-state index in [-0.39, 0.29) is 0 Å². The lowest BCUT2D eigenvalue weighted by atomic mass is 9.99. The number of carbonyl (C=O) groups is 1. The molecule has 0 spiro atoms. The Balaban J connectivity index is 2.02. The van der Waals surface area contributed by atoms with Gasteiger partial charge < -0.3 is 18.9 Å². The summed E-state index contributed by atoms with van der Waals surface area (Å²) in [6.07, 6.45) is 2.14. The van der Waals surface area contributed by atoms with Gasteiger partial charge in [0.15, 0.2) is 11.5 Å². The lowest BCUT2D eigenvalue weighted by Crippen LogP contribution is -2.15. The van der Waals surface area contributed by atoms with Crippen molar-refractivity contribution in [3.8, 4) is 39.8 Å². The molecule has 3 aromatic rings. The van der Waals surface area contributed by atoms with Crippen molar-refractivity contribution in [2.24, 2.45) is 0 Å². The van der Waals surface area contributed by atoms with Gasteiger partial charge in [-0.25, -0.2) is 4.79 Å². The van der Waals surface area contributed by atoms with Crippen LogP contribution in [0.3, 0.4) is 0 Å². The lowest BCUT2D eigenvalue weighted by molar-refractivity contribution is 0.169. The fourth-order valence-electron chi connectivity index (χ4n) is 4.06. The highest BCUT2D eigenvalue weighted by Gasteiger charge is 2.28. The van der Waals surface area contributed by atoms with Crippen LogP contribution in [-0.4, -0.2) is 44.3 Å². The quantitative estimate of drug-likeness (QED) is 0.639. The second-order valence-electron chi connectivity index (χ2n) is 6.98. The Morgan fingerprint density at radius 2 is 1.67 bits per heavy atom. The Morgan fingerprint density at radius 1 is 0.967 bits per heavy atom. The first-order chi connectivity index (χ1) is 14.6. The van der Waals surface area contributed by atoms with E-state index in [2.05, 4.69) is 11.2 Å². The average Bonchev–Trinajstić information content (AvgIpc) is 3.07. The normalized spacial score (nSPS) is 12.4. The van der Waals surface area contributed by atoms with Crippen molar-refractivity contribution in [1.29, 1.82) is 0 Å². The fourth-order valence-corrected chi connectivity index (χ4v) is 4.06. The molecule has 0 amide bonds. The minimum absolute atomic E-state index is 0.490. The summed E-state index contributed by atoms with van der Waals surface area (Å²) >= 11 is 0. The van der Waals surface area contributed by atoms with Gasteiger partial charge in [-0.3, -0.25) is 0 Å². The fraction of sp³-hybridized carbons (Fsp3) is 0.304. The van der Waals surface area contributed by atoms with Crippen LogP contribution in [0, 0.1) is 0 Å². The number of rotatable bonds is 4. The minimum atomic E-state index is -0.552. The molecule has 0 saturated heterocycles. The van der Waals surface area contributed by atoms with Gasteiger partial charge >= 0.3 is 6.09 Å². The van der Waals surface area contributed by atoms with E-state index in [4.69, 9.17) is 18.9 Å². The van der Waals surface area contributed by atoms with Crippen LogP contribution in [0.5, 0.6) is 17.2 Å². The van der Waals surface area contributed by atoms with Gasteiger partial charge in [0.2, 0.25) is 5.75 Å². The molecule has 30 heavy (non-hydrogen) atoms. The van der Waals surface area contributed by atoms with Gasteiger partial charge in [-0.15, -0.1) is 0 Å². The molecular weight excluding hydrogens is 384 g/mol. The summed E-state index contributed by atoms with van der Waals surface area (Å²) in [5.41, 5.74) is 5.48. The molecule has 156 valence electrons. The predicted molar refractivity (Wildman–Crippen MR) is 113 cm³/mol. The summed E-state index contributed by atoms with van der Waals surface area (Å²) in [7, 11) is 6.04. The topological polar surface area (TPSA) is 71.8 Å². The number of ether oxygens (including phenoxy) is 4. The SMILES string of the molecule is COC(=O)n1nc2c(c1-c1cc(OC)c(OC)c(OC)c1)CCCc1ccccc1-2. The smallest absolute Gasteiger partial charge is 0.435 e. The molecule has 0 aliphatic heterocycles. The highest BCUT2D eigenvalue weighted by molar-refractivity contribution is 5.85. The van der Waals surface area contributed by atoms with Crippen LogP contribution in [0.15, 0.2) is 36.4 Å². The monoisotopic (exact) mass is 408 g/mol. The molecule has 0 atom stereocenters. The maximum atomic E-state index is 12.6. The highest BCUT2D eigenvalue weighted by Crippen LogP contribution is 2.44. The zero-order valence-corrected chi connectivity index (χ0v) is 17.5. The van der Waals surface area contributed by atoms with E-state index in [1.807, 2.05) is 30.3 Å². The maximum Gasteiger partial charge on any atom is 0.435 e. The number of nitrogens with zero attached hydrogens (tertiary/aromatic N) is 2. The third kappa shape index (κ3) is 3.16. The second kappa shape index (κ2) is 8.10. The molecule has 1 aliphatic rings. The molecule has 2 aromatic carbocycles. The zero-order valence-electron chi connectivity index (χ0n) is 17.5. The van der Waals surface area contributed by atoms with Crippen LogP contribution >= 0.6 is 0 Å². The van der Waals surface area contributed by atoms with Gasteiger partial charge in [0.05, 0.1) is 39.8 Å². The van der Waals surface area contributed by atoms with Gasteiger partial charge in [-0.1, -0.05) is 24.3 Å². The van der Waals surface area contributed by atoms with Gasteiger partial charge in [0, 0.05) is 16.7 Å². The van der Waals surface area contributed by atoms with Gasteiger partial charge in [-0.2, -0.15) is 9.78 Å². The van der Waals surface area contributed by atoms with Crippen LogP contribution in [-0.2, 0) is 17.6 Å². The Hall–Kier alpha value is -3.48. The molecular formula is C23H24N2O5. The van der Waals surface area contributed by atoms with Gasteiger partial charge in [0.25, 0.3) is 0 Å². The van der Waals surface area contributed by atoms with Crippen LogP contribution in [0.2, 0.25) is 0 Å². The Bertz CT molecular complexity index is 1080. The van der Waals surface area contributed by atoms with Crippen molar-refractivity contribution >= 4 is 6.09 Å². The van der Waals surface area contributed by atoms with Crippen molar-refractivity contribution in [3.05, 3.63) is 47.5 Å². The summed E-state index contributed by atoms with van der Waals surface area (Å²) in [6.45, 7) is 0. The molecule has 0 saturated carbocycles. The van der Waals surface area contributed by atoms with E-state index < -0.39 is 6.09 Å². The van der Waals surface area contributed by atoms with Gasteiger partial charge in [-0.05, 0) is 37.0 Å². The van der Waals surface area contributed by atoms with E-state index in [0.29, 0.717) is 22.9 Å². The van der Waals surface area contributed by atoms with Crippen LogP contribution in [0.4, 0.5) is 4.79 Å². The number of carbonyl (C=O) groups excluding carboxylic acids is 1. The summed E-state index contributed by atoms with van der Waals surface area (Å²) in [4.78, 5) is 12.6. The first kappa shape index (κ1) is 19.8. The number of benzene rings is 2. The number of aromatic nitrogens is 2. The maximum absolute atomic E-state index is 12.6. The van der Waals surface area contributed by atoms with E-state index in [1.54, 1.807) is 21.3 Å². The minimum Gasteiger partial charge on any atom is -0.493 e. The summed E-state index contributed by atoms with van der Waals surface area (Å²) in [5.74, 6) is 1.50. The summed E-state index contributed by atoms with van der Waals surface area (Å²) in [6, 6.07) is 11.8. The Kier molecular flexibility index (Phi) is 5.35. The van der Waals surface area contributed by atoms with Crippen molar-refractivity contribution in [1.82, 2.24) is 9.78 Å². The molecule has 0 unspecified atom stereocenters. The summed E-state index contributed by atoms with van der Waals surface area (Å²) in [5, 5.41) is 4.68. The van der Waals surface area contributed by atoms with Crippen LogP contribution in [0.25, 0.3) is 22.5 Å². The van der Waals surface area contributed by atoms with Crippen molar-refractivity contribution in [3.63, 3.8) is 0 Å². The summed E-state index contributed by atoms with van der Waals surface area (Å²) < 4.78 is 22.8. The molecule has 1 aromatic heterocycles. The first-order valence-electron chi connectivity index (χ1n) is 9.71. The molecule has 0 N–H and O–H groups in total. The average molecular weight is 408 g/mol. The molecule has 0 radical (unpaired) electrons. The molecule has 7 nitrogen and oxygen atoms in total. The molecule has 4 rings (SSSR count). The number of hydrogen-bond acceptors (Lipinski definition) is 6. The number of methoxy groups -OCH3 is 4. The predicted octanol–water partition coefficient (Wildman–Crippen LogP) is 4.35. The van der Waals surface area contributed by atoms with Gasteiger partial charge in [0.1, 0.15) is 0 Å². The molecule has 1 aliphatic carbocycles. The van der Waals surface area contributed by atoms with E-state index in [1.165, 1.54) is 17.4 Å². The van der Waals surface area contributed by atoms with Crippen LogP contribution in [0.1, 0.15) is 17.5 Å². The van der Waals surface area contributed by atoms with E-state index >= 15 is 0 Å². The number of aryl methyl sites for hydroxylation is 1. The molecule has 0 fully saturated rings. The Morgan fingerprint density at radius 3 is 2.30 bits per heavy atom. The van der Waals surface area contributed by atoms with Crippen LogP contribution < -0.4 is 14.2 Å². The molecule has 7 heteroatoms. The van der Waals surface area contributed by atoms with Crippen molar-refractivity contribution in [2.75, 3.05) is 28.4 Å². The van der Waals surface area contributed by atoms with Crippen molar-refractivity contribution in [2.45, 2.75) is 19.3 Å². The largest absolute Gasteiger partial charge is 0.493 e. The second-order valence-corrected chi connectivity index (χ2v) is 6.98.